The predicted octanol–water partition coefficient (Wildman–Crippen LogP) is 3.91. The Morgan fingerprint density at radius 2 is 1.78 bits per heavy atom. The normalized spacial score (nSPS) is 12.2. The summed E-state index contributed by atoms with van der Waals surface area (Å²) in [6.45, 7) is 0. The number of aliphatic hydroxyl groups excluding tert-OH is 1. The molecule has 0 bridgehead atoms. The van der Waals surface area contributed by atoms with E-state index >= 15 is 0 Å². The molecular formula is C14H10Cl2O2. The van der Waals surface area contributed by atoms with Crippen LogP contribution in [0.4, 0.5) is 0 Å². The summed E-state index contributed by atoms with van der Waals surface area (Å²) in [6, 6.07) is 13.2. The first-order valence-electron chi connectivity index (χ1n) is 5.32. The third-order valence-corrected chi connectivity index (χ3v) is 3.14. The minimum absolute atomic E-state index is 0.356. The Morgan fingerprint density at radius 1 is 1.06 bits per heavy atom. The van der Waals surface area contributed by atoms with Gasteiger partial charge in [0.2, 0.25) is 0 Å². The van der Waals surface area contributed by atoms with Crippen LogP contribution >= 0.6 is 23.2 Å². The smallest absolute Gasteiger partial charge is 0.195 e. The van der Waals surface area contributed by atoms with Crippen LogP contribution < -0.4 is 0 Å². The fraction of sp³-hybridized carbons (Fsp3) is 0.0714. The average molecular weight is 281 g/mol. The van der Waals surface area contributed by atoms with Crippen molar-refractivity contribution in [3.63, 3.8) is 0 Å². The SMILES string of the molecule is O=C(c1cccc(Cl)c1)[C@H](O)c1ccccc1Cl. The Labute approximate surface area is 115 Å². The number of benzene rings is 2. The third kappa shape index (κ3) is 2.72. The van der Waals surface area contributed by atoms with Gasteiger partial charge in [-0.05, 0) is 18.2 Å². The first kappa shape index (κ1) is 13.1. The summed E-state index contributed by atoms with van der Waals surface area (Å²) >= 11 is 11.8. The molecule has 2 rings (SSSR count). The van der Waals surface area contributed by atoms with E-state index in [2.05, 4.69) is 0 Å². The van der Waals surface area contributed by atoms with E-state index in [0.717, 1.165) is 0 Å². The number of carbonyl (C=O) groups is 1. The molecule has 0 saturated carbocycles. The fourth-order valence-corrected chi connectivity index (χ4v) is 2.07. The minimum Gasteiger partial charge on any atom is -0.380 e. The van der Waals surface area contributed by atoms with E-state index in [9.17, 15) is 9.90 Å². The Balaban J connectivity index is 2.32. The van der Waals surface area contributed by atoms with Gasteiger partial charge in [0.1, 0.15) is 6.10 Å². The second-order valence-electron chi connectivity index (χ2n) is 3.80. The minimum atomic E-state index is -1.28. The van der Waals surface area contributed by atoms with Crippen molar-refractivity contribution >= 4 is 29.0 Å². The molecule has 0 aromatic heterocycles. The lowest BCUT2D eigenvalue weighted by Gasteiger charge is -2.11. The second kappa shape index (κ2) is 5.53. The fourth-order valence-electron chi connectivity index (χ4n) is 1.64. The summed E-state index contributed by atoms with van der Waals surface area (Å²) in [5.41, 5.74) is 0.749. The Morgan fingerprint density at radius 3 is 2.44 bits per heavy atom. The van der Waals surface area contributed by atoms with Gasteiger partial charge in [-0.15, -0.1) is 0 Å². The van der Waals surface area contributed by atoms with Crippen LogP contribution in [0, 0.1) is 0 Å². The van der Waals surface area contributed by atoms with Crippen LogP contribution in [0.2, 0.25) is 10.0 Å². The van der Waals surface area contributed by atoms with Crippen molar-refractivity contribution in [2.45, 2.75) is 6.10 Å². The number of carbonyl (C=O) groups excluding carboxylic acids is 1. The Bertz CT molecular complexity index is 582. The topological polar surface area (TPSA) is 37.3 Å². The zero-order valence-corrected chi connectivity index (χ0v) is 10.8. The monoisotopic (exact) mass is 280 g/mol. The largest absolute Gasteiger partial charge is 0.380 e. The number of hydrogen-bond donors (Lipinski definition) is 1. The molecule has 4 heteroatoms. The Hall–Kier alpha value is -1.35. The molecule has 92 valence electrons. The number of ketones is 1. The molecule has 0 spiro atoms. The van der Waals surface area contributed by atoms with Crippen LogP contribution in [0.25, 0.3) is 0 Å². The van der Waals surface area contributed by atoms with E-state index < -0.39 is 11.9 Å². The average Bonchev–Trinajstić information content (AvgIpc) is 2.37. The molecule has 0 aliphatic heterocycles. The molecule has 0 radical (unpaired) electrons. The van der Waals surface area contributed by atoms with Crippen LogP contribution in [-0.4, -0.2) is 10.9 Å². The molecule has 2 aromatic carbocycles. The number of Topliss-reactive ketones (excluding diaryl/α,β-unsaturated/α-hetero) is 1. The molecule has 0 fully saturated rings. The van der Waals surface area contributed by atoms with Gasteiger partial charge in [-0.3, -0.25) is 4.79 Å². The maximum atomic E-state index is 12.1. The van der Waals surface area contributed by atoms with E-state index in [4.69, 9.17) is 23.2 Å². The van der Waals surface area contributed by atoms with Gasteiger partial charge in [-0.1, -0.05) is 53.5 Å². The van der Waals surface area contributed by atoms with Gasteiger partial charge in [0, 0.05) is 21.2 Å². The number of halogens is 2. The number of hydrogen-bond acceptors (Lipinski definition) is 2. The molecular weight excluding hydrogens is 271 g/mol. The molecule has 2 aromatic rings. The van der Waals surface area contributed by atoms with Crippen molar-refractivity contribution in [2.24, 2.45) is 0 Å². The lowest BCUT2D eigenvalue weighted by atomic mass is 10.00. The summed E-state index contributed by atoms with van der Waals surface area (Å²) < 4.78 is 0. The van der Waals surface area contributed by atoms with E-state index in [0.29, 0.717) is 21.2 Å². The van der Waals surface area contributed by atoms with Crippen LogP contribution in [-0.2, 0) is 0 Å². The zero-order valence-electron chi connectivity index (χ0n) is 9.31. The summed E-state index contributed by atoms with van der Waals surface area (Å²) in [5, 5.41) is 10.8. The molecule has 0 amide bonds. The standard InChI is InChI=1S/C14H10Cl2O2/c15-10-5-3-4-9(8-10)13(17)14(18)11-6-1-2-7-12(11)16/h1-8,14,18H/t14-/m1/s1. The van der Waals surface area contributed by atoms with Gasteiger partial charge in [0.15, 0.2) is 5.78 Å². The van der Waals surface area contributed by atoms with Gasteiger partial charge < -0.3 is 5.11 Å². The Kier molecular flexibility index (Phi) is 4.02. The molecule has 0 saturated heterocycles. The number of rotatable bonds is 3. The van der Waals surface area contributed by atoms with Gasteiger partial charge in [-0.25, -0.2) is 0 Å². The lowest BCUT2D eigenvalue weighted by molar-refractivity contribution is 0.0747. The van der Waals surface area contributed by atoms with Gasteiger partial charge in [-0.2, -0.15) is 0 Å². The highest BCUT2D eigenvalue weighted by Crippen LogP contribution is 2.26. The molecule has 18 heavy (non-hydrogen) atoms. The van der Waals surface area contributed by atoms with E-state index in [-0.39, 0.29) is 0 Å². The van der Waals surface area contributed by atoms with E-state index in [1.165, 1.54) is 6.07 Å². The highest BCUT2D eigenvalue weighted by molar-refractivity contribution is 6.32. The van der Waals surface area contributed by atoms with Crippen molar-refractivity contribution in [1.29, 1.82) is 0 Å². The van der Waals surface area contributed by atoms with Crippen molar-refractivity contribution in [2.75, 3.05) is 0 Å². The van der Waals surface area contributed by atoms with E-state index in [1.54, 1.807) is 42.5 Å². The first-order chi connectivity index (χ1) is 8.59. The van der Waals surface area contributed by atoms with E-state index in [1.807, 2.05) is 0 Å². The summed E-state index contributed by atoms with van der Waals surface area (Å²) in [5.74, 6) is -0.425. The van der Waals surface area contributed by atoms with Gasteiger partial charge in [0.05, 0.1) is 0 Å². The highest BCUT2D eigenvalue weighted by Gasteiger charge is 2.21. The molecule has 0 unspecified atom stereocenters. The summed E-state index contributed by atoms with van der Waals surface area (Å²) in [7, 11) is 0. The van der Waals surface area contributed by atoms with Gasteiger partial charge in [0.25, 0.3) is 0 Å². The third-order valence-electron chi connectivity index (χ3n) is 2.56. The van der Waals surface area contributed by atoms with Crippen LogP contribution in [0.3, 0.4) is 0 Å². The molecule has 0 aliphatic carbocycles. The quantitative estimate of drug-likeness (QED) is 0.866. The molecule has 1 N–H and O–H groups in total. The van der Waals surface area contributed by atoms with Crippen molar-refractivity contribution in [1.82, 2.24) is 0 Å². The molecule has 1 atom stereocenters. The van der Waals surface area contributed by atoms with Crippen molar-refractivity contribution in [3.8, 4) is 0 Å². The number of aliphatic hydroxyl groups is 1. The van der Waals surface area contributed by atoms with Crippen LogP contribution in [0.1, 0.15) is 22.0 Å². The molecule has 0 heterocycles. The molecule has 0 aliphatic rings. The van der Waals surface area contributed by atoms with Crippen molar-refractivity contribution < 1.29 is 9.90 Å². The zero-order chi connectivity index (χ0) is 13.1. The summed E-state index contributed by atoms with van der Waals surface area (Å²) in [4.78, 5) is 12.1. The summed E-state index contributed by atoms with van der Waals surface area (Å²) in [6.07, 6.45) is -1.28. The predicted molar refractivity (Wildman–Crippen MR) is 72.2 cm³/mol. The van der Waals surface area contributed by atoms with Gasteiger partial charge >= 0.3 is 0 Å². The molecule has 2 nitrogen and oxygen atoms in total. The second-order valence-corrected chi connectivity index (χ2v) is 4.64. The van der Waals surface area contributed by atoms with Crippen molar-refractivity contribution in [3.05, 3.63) is 69.7 Å². The lowest BCUT2D eigenvalue weighted by Crippen LogP contribution is -2.12. The van der Waals surface area contributed by atoms with Crippen LogP contribution in [0.15, 0.2) is 48.5 Å². The highest BCUT2D eigenvalue weighted by atomic mass is 35.5. The van der Waals surface area contributed by atoms with Crippen LogP contribution in [0.5, 0.6) is 0 Å². The first-order valence-corrected chi connectivity index (χ1v) is 6.07. The maximum absolute atomic E-state index is 12.1. The maximum Gasteiger partial charge on any atom is 0.195 e.